The Morgan fingerprint density at radius 3 is 2.78 bits per heavy atom. The van der Waals surface area contributed by atoms with Crippen LogP contribution in [-0.4, -0.2) is 54.2 Å². The summed E-state index contributed by atoms with van der Waals surface area (Å²) in [5.74, 6) is 0.0351. The molecular weight excluding hydrogens is 377 g/mol. The average Bonchev–Trinajstić information content (AvgIpc) is 2.66. The first-order chi connectivity index (χ1) is 13.0. The van der Waals surface area contributed by atoms with Gasteiger partial charge in [0.25, 0.3) is 0 Å². The molecule has 27 heavy (non-hydrogen) atoms. The first-order valence-electron chi connectivity index (χ1n) is 8.44. The van der Waals surface area contributed by atoms with Crippen molar-refractivity contribution in [2.45, 2.75) is 0 Å². The lowest BCUT2D eigenvalue weighted by Crippen LogP contribution is -2.39. The second-order valence-corrected chi connectivity index (χ2v) is 6.36. The van der Waals surface area contributed by atoms with Crippen molar-refractivity contribution in [1.29, 1.82) is 0 Å². The summed E-state index contributed by atoms with van der Waals surface area (Å²) in [7, 11) is 0. The van der Waals surface area contributed by atoms with Crippen molar-refractivity contribution in [3.05, 3.63) is 51.3 Å². The summed E-state index contributed by atoms with van der Waals surface area (Å²) in [5, 5.41) is 17.2. The van der Waals surface area contributed by atoms with E-state index in [1.54, 1.807) is 0 Å². The van der Waals surface area contributed by atoms with Crippen LogP contribution in [0.4, 0.5) is 27.4 Å². The summed E-state index contributed by atoms with van der Waals surface area (Å²) in [5.41, 5.74) is 0.418. The molecule has 2 heterocycles. The van der Waals surface area contributed by atoms with E-state index in [2.05, 4.69) is 20.5 Å². The fourth-order valence-corrected chi connectivity index (χ4v) is 2.86. The number of nitrogens with one attached hydrogen (secondary N) is 2. The molecule has 3 rings (SSSR count). The van der Waals surface area contributed by atoms with Crippen molar-refractivity contribution in [1.82, 2.24) is 9.88 Å². The monoisotopic (exact) mass is 395 g/mol. The zero-order valence-corrected chi connectivity index (χ0v) is 15.2. The highest BCUT2D eigenvalue weighted by Gasteiger charge is 2.17. The number of pyridine rings is 1. The fraction of sp³-hybridized carbons (Fsp3) is 0.353. The third-order valence-electron chi connectivity index (χ3n) is 4.09. The van der Waals surface area contributed by atoms with Crippen molar-refractivity contribution in [3.63, 3.8) is 0 Å². The van der Waals surface area contributed by atoms with Crippen LogP contribution in [-0.2, 0) is 4.74 Å². The van der Waals surface area contributed by atoms with Crippen LogP contribution < -0.4 is 10.6 Å². The van der Waals surface area contributed by atoms with Gasteiger partial charge in [-0.1, -0.05) is 11.6 Å². The molecule has 2 aromatic rings. The molecule has 0 bridgehead atoms. The maximum atomic E-state index is 13.3. The number of halogens is 2. The van der Waals surface area contributed by atoms with Crippen LogP contribution in [0.25, 0.3) is 0 Å². The third-order valence-corrected chi connectivity index (χ3v) is 4.38. The number of anilines is 3. The van der Waals surface area contributed by atoms with Crippen molar-refractivity contribution >= 4 is 34.6 Å². The number of rotatable bonds is 7. The molecule has 1 aromatic carbocycles. The quantitative estimate of drug-likeness (QED) is 0.549. The average molecular weight is 396 g/mol. The van der Waals surface area contributed by atoms with E-state index in [9.17, 15) is 14.5 Å². The number of nitrogens with zero attached hydrogens (tertiary/aromatic N) is 3. The van der Waals surface area contributed by atoms with Gasteiger partial charge in [-0.15, -0.1) is 0 Å². The smallest absolute Gasteiger partial charge is 0.311 e. The molecule has 1 saturated heterocycles. The maximum absolute atomic E-state index is 13.3. The number of nitro groups is 1. The van der Waals surface area contributed by atoms with Gasteiger partial charge in [0.15, 0.2) is 0 Å². The largest absolute Gasteiger partial charge is 0.379 e. The van der Waals surface area contributed by atoms with Crippen LogP contribution in [0.1, 0.15) is 0 Å². The zero-order valence-electron chi connectivity index (χ0n) is 14.5. The molecule has 0 atom stereocenters. The van der Waals surface area contributed by atoms with Gasteiger partial charge >= 0.3 is 5.69 Å². The van der Waals surface area contributed by atoms with Gasteiger partial charge in [-0.05, 0) is 24.3 Å². The van der Waals surface area contributed by atoms with E-state index in [0.717, 1.165) is 19.6 Å². The highest BCUT2D eigenvalue weighted by atomic mass is 35.5. The zero-order chi connectivity index (χ0) is 19.2. The Morgan fingerprint density at radius 1 is 1.30 bits per heavy atom. The SMILES string of the molecule is O=[N+]([O-])c1ccc(Nc2ccc(F)c(Cl)c2)nc1NCCN1CCOCC1. The van der Waals surface area contributed by atoms with E-state index in [1.807, 2.05) is 0 Å². The number of ether oxygens (including phenoxy) is 1. The van der Waals surface area contributed by atoms with Crippen molar-refractivity contribution < 1.29 is 14.1 Å². The molecule has 0 amide bonds. The molecule has 144 valence electrons. The van der Waals surface area contributed by atoms with Gasteiger partial charge in [0, 0.05) is 37.9 Å². The van der Waals surface area contributed by atoms with E-state index >= 15 is 0 Å². The van der Waals surface area contributed by atoms with E-state index < -0.39 is 10.7 Å². The summed E-state index contributed by atoms with van der Waals surface area (Å²) in [6, 6.07) is 7.03. The Balaban J connectivity index is 1.69. The lowest BCUT2D eigenvalue weighted by molar-refractivity contribution is -0.384. The van der Waals surface area contributed by atoms with Crippen LogP contribution >= 0.6 is 11.6 Å². The number of aromatic nitrogens is 1. The van der Waals surface area contributed by atoms with Crippen LogP contribution in [0.2, 0.25) is 5.02 Å². The molecule has 0 saturated carbocycles. The molecule has 1 fully saturated rings. The minimum atomic E-state index is -0.524. The third kappa shape index (κ3) is 5.25. The van der Waals surface area contributed by atoms with E-state index in [4.69, 9.17) is 16.3 Å². The maximum Gasteiger partial charge on any atom is 0.311 e. The van der Waals surface area contributed by atoms with Crippen molar-refractivity contribution in [3.8, 4) is 0 Å². The van der Waals surface area contributed by atoms with E-state index in [-0.39, 0.29) is 16.5 Å². The molecule has 1 aliphatic rings. The minimum absolute atomic E-state index is 0.0224. The Bertz CT molecular complexity index is 817. The molecular formula is C17H19ClFN5O3. The number of hydrogen-bond donors (Lipinski definition) is 2. The molecule has 8 nitrogen and oxygen atoms in total. The van der Waals surface area contributed by atoms with Crippen LogP contribution in [0.3, 0.4) is 0 Å². The molecule has 0 unspecified atom stereocenters. The van der Waals surface area contributed by atoms with Gasteiger partial charge in [0.05, 0.1) is 23.2 Å². The van der Waals surface area contributed by atoms with Gasteiger partial charge in [0.1, 0.15) is 11.6 Å². The van der Waals surface area contributed by atoms with Gasteiger partial charge in [-0.25, -0.2) is 9.37 Å². The molecule has 10 heteroatoms. The van der Waals surface area contributed by atoms with E-state index in [0.29, 0.717) is 31.3 Å². The Morgan fingerprint density at radius 2 is 2.07 bits per heavy atom. The van der Waals surface area contributed by atoms with Gasteiger partial charge < -0.3 is 15.4 Å². The van der Waals surface area contributed by atoms with Gasteiger partial charge in [-0.3, -0.25) is 15.0 Å². The number of benzene rings is 1. The number of morpholine rings is 1. The summed E-state index contributed by atoms with van der Waals surface area (Å²) in [4.78, 5) is 17.3. The van der Waals surface area contributed by atoms with Crippen molar-refractivity contribution in [2.24, 2.45) is 0 Å². The molecule has 0 spiro atoms. The summed E-state index contributed by atoms with van der Waals surface area (Å²) < 4.78 is 18.6. The first-order valence-corrected chi connectivity index (χ1v) is 8.82. The second-order valence-electron chi connectivity index (χ2n) is 5.96. The lowest BCUT2D eigenvalue weighted by atomic mass is 10.3. The predicted octanol–water partition coefficient (Wildman–Crippen LogP) is 3.27. The first kappa shape index (κ1) is 19.3. The highest BCUT2D eigenvalue weighted by Crippen LogP contribution is 2.27. The molecule has 1 aromatic heterocycles. The number of hydrogen-bond acceptors (Lipinski definition) is 7. The summed E-state index contributed by atoms with van der Waals surface area (Å²) in [6.45, 7) is 4.30. The van der Waals surface area contributed by atoms with Crippen LogP contribution in [0.15, 0.2) is 30.3 Å². The standard InChI is InChI=1S/C17H19ClFN5O3/c18-13-11-12(1-2-14(13)19)21-16-4-3-15(24(25)26)17(22-16)20-5-6-23-7-9-27-10-8-23/h1-4,11H,5-10H2,(H2,20,21,22). The molecule has 2 N–H and O–H groups in total. The van der Waals surface area contributed by atoms with Gasteiger partial charge in [-0.2, -0.15) is 0 Å². The van der Waals surface area contributed by atoms with Crippen LogP contribution in [0.5, 0.6) is 0 Å². The van der Waals surface area contributed by atoms with Crippen molar-refractivity contribution in [2.75, 3.05) is 50.0 Å². The molecule has 0 radical (unpaired) electrons. The second kappa shape index (κ2) is 8.94. The molecule has 1 aliphatic heterocycles. The normalized spacial score (nSPS) is 14.7. The Hall–Kier alpha value is -2.49. The topological polar surface area (TPSA) is 92.6 Å². The molecule has 0 aliphatic carbocycles. The summed E-state index contributed by atoms with van der Waals surface area (Å²) in [6.07, 6.45) is 0. The minimum Gasteiger partial charge on any atom is -0.379 e. The summed E-state index contributed by atoms with van der Waals surface area (Å²) >= 11 is 5.77. The Kier molecular flexibility index (Phi) is 6.38. The lowest BCUT2D eigenvalue weighted by Gasteiger charge is -2.26. The van der Waals surface area contributed by atoms with Crippen LogP contribution in [0, 0.1) is 15.9 Å². The Labute approximate surface area is 160 Å². The predicted molar refractivity (Wildman–Crippen MR) is 101 cm³/mol. The fourth-order valence-electron chi connectivity index (χ4n) is 2.68. The highest BCUT2D eigenvalue weighted by molar-refractivity contribution is 6.31. The van der Waals surface area contributed by atoms with E-state index in [1.165, 1.54) is 30.3 Å². The van der Waals surface area contributed by atoms with Gasteiger partial charge in [0.2, 0.25) is 5.82 Å².